The van der Waals surface area contributed by atoms with Crippen molar-refractivity contribution >= 4 is 23.3 Å². The standard InChI is InChI=1S/C22H21FN4O2S/c1-2-29-19(28)14-27-21(20(25-22(27)30)17-6-3-4-12-24-17)18-7-5-13-26(18)16-10-8-15(23)9-11-16/h3-13,20-21H,2,14H2,1H3,(H,25,30)/t20-,21+/m0/s1. The van der Waals surface area contributed by atoms with Crippen molar-refractivity contribution in [2.75, 3.05) is 13.2 Å². The molecule has 3 heterocycles. The predicted molar refractivity (Wildman–Crippen MR) is 115 cm³/mol. The number of thiocarbonyl (C=S) groups is 1. The van der Waals surface area contributed by atoms with Gasteiger partial charge in [0.25, 0.3) is 0 Å². The van der Waals surface area contributed by atoms with Crippen LogP contribution in [0.25, 0.3) is 5.69 Å². The Morgan fingerprint density at radius 1 is 1.20 bits per heavy atom. The molecule has 6 nitrogen and oxygen atoms in total. The van der Waals surface area contributed by atoms with E-state index in [9.17, 15) is 9.18 Å². The van der Waals surface area contributed by atoms with Crippen LogP contribution in [-0.4, -0.2) is 38.7 Å². The highest BCUT2D eigenvalue weighted by molar-refractivity contribution is 7.80. The van der Waals surface area contributed by atoms with Crippen LogP contribution in [0.5, 0.6) is 0 Å². The van der Waals surface area contributed by atoms with E-state index in [-0.39, 0.29) is 30.4 Å². The summed E-state index contributed by atoms with van der Waals surface area (Å²) in [5.74, 6) is -0.653. The number of benzene rings is 1. The quantitative estimate of drug-likeness (QED) is 0.483. The fraction of sp³-hybridized carbons (Fsp3) is 0.227. The fourth-order valence-corrected chi connectivity index (χ4v) is 4.02. The van der Waals surface area contributed by atoms with E-state index < -0.39 is 0 Å². The average Bonchev–Trinajstić information content (AvgIpc) is 3.34. The van der Waals surface area contributed by atoms with Crippen LogP contribution in [-0.2, 0) is 9.53 Å². The summed E-state index contributed by atoms with van der Waals surface area (Å²) in [6.45, 7) is 2.09. The van der Waals surface area contributed by atoms with Gasteiger partial charge in [-0.3, -0.25) is 9.78 Å². The Balaban J connectivity index is 1.77. The highest BCUT2D eigenvalue weighted by atomic mass is 32.1. The minimum Gasteiger partial charge on any atom is -0.465 e. The van der Waals surface area contributed by atoms with Crippen molar-refractivity contribution in [1.82, 2.24) is 19.8 Å². The molecular weight excluding hydrogens is 403 g/mol. The molecule has 2 aromatic heterocycles. The number of hydrogen-bond donors (Lipinski definition) is 1. The lowest BCUT2D eigenvalue weighted by Crippen LogP contribution is -2.36. The van der Waals surface area contributed by atoms with Gasteiger partial charge in [-0.2, -0.15) is 0 Å². The third kappa shape index (κ3) is 3.91. The Kier molecular flexibility index (Phi) is 5.76. The zero-order valence-corrected chi connectivity index (χ0v) is 17.2. The molecule has 2 atom stereocenters. The first kappa shape index (κ1) is 20.0. The summed E-state index contributed by atoms with van der Waals surface area (Å²) < 4.78 is 20.6. The summed E-state index contributed by atoms with van der Waals surface area (Å²) in [4.78, 5) is 18.6. The number of esters is 1. The summed E-state index contributed by atoms with van der Waals surface area (Å²) in [6, 6.07) is 15.3. The van der Waals surface area contributed by atoms with Crippen LogP contribution in [0.2, 0.25) is 0 Å². The zero-order valence-electron chi connectivity index (χ0n) is 16.4. The number of nitrogens with zero attached hydrogens (tertiary/aromatic N) is 3. The van der Waals surface area contributed by atoms with Gasteiger partial charge in [0.2, 0.25) is 0 Å². The van der Waals surface area contributed by atoms with E-state index in [1.54, 1.807) is 25.3 Å². The van der Waals surface area contributed by atoms with Crippen LogP contribution < -0.4 is 5.32 Å². The van der Waals surface area contributed by atoms with Crippen molar-refractivity contribution < 1.29 is 13.9 Å². The molecule has 4 rings (SSSR count). The molecule has 0 aliphatic carbocycles. The fourth-order valence-electron chi connectivity index (χ4n) is 3.72. The summed E-state index contributed by atoms with van der Waals surface area (Å²) >= 11 is 5.57. The van der Waals surface area contributed by atoms with Crippen LogP contribution in [0.4, 0.5) is 4.39 Å². The van der Waals surface area contributed by atoms with Gasteiger partial charge < -0.3 is 19.5 Å². The Hall–Kier alpha value is -3.26. The van der Waals surface area contributed by atoms with E-state index in [0.29, 0.717) is 11.7 Å². The first-order valence-electron chi connectivity index (χ1n) is 9.65. The minimum atomic E-state index is -0.354. The Morgan fingerprint density at radius 2 is 2.00 bits per heavy atom. The van der Waals surface area contributed by atoms with Crippen LogP contribution in [0, 0.1) is 5.82 Å². The van der Waals surface area contributed by atoms with Gasteiger partial charge in [-0.1, -0.05) is 6.07 Å². The van der Waals surface area contributed by atoms with E-state index in [2.05, 4.69) is 10.3 Å². The largest absolute Gasteiger partial charge is 0.465 e. The zero-order chi connectivity index (χ0) is 21.1. The number of nitrogens with one attached hydrogen (secondary N) is 1. The van der Waals surface area contributed by atoms with Gasteiger partial charge in [0.05, 0.1) is 24.4 Å². The van der Waals surface area contributed by atoms with Crippen LogP contribution >= 0.6 is 12.2 Å². The predicted octanol–water partition coefficient (Wildman–Crippen LogP) is 3.55. The maximum Gasteiger partial charge on any atom is 0.325 e. The summed E-state index contributed by atoms with van der Waals surface area (Å²) in [5.41, 5.74) is 2.52. The number of pyridine rings is 1. The molecule has 0 spiro atoms. The van der Waals surface area contributed by atoms with Crippen molar-refractivity contribution in [3.63, 3.8) is 0 Å². The van der Waals surface area contributed by atoms with Gasteiger partial charge >= 0.3 is 5.97 Å². The Morgan fingerprint density at radius 3 is 2.70 bits per heavy atom. The molecule has 1 aliphatic heterocycles. The van der Waals surface area contributed by atoms with Gasteiger partial charge in [0.1, 0.15) is 12.4 Å². The molecule has 0 radical (unpaired) electrons. The molecule has 1 aliphatic rings. The number of rotatable bonds is 6. The van der Waals surface area contributed by atoms with Crippen molar-refractivity contribution in [3.8, 4) is 5.69 Å². The average molecular weight is 425 g/mol. The maximum absolute atomic E-state index is 13.4. The molecule has 8 heteroatoms. The smallest absolute Gasteiger partial charge is 0.325 e. The van der Waals surface area contributed by atoms with Gasteiger partial charge in [0, 0.05) is 23.8 Å². The van der Waals surface area contributed by atoms with E-state index in [4.69, 9.17) is 17.0 Å². The van der Waals surface area contributed by atoms with E-state index in [0.717, 1.165) is 17.1 Å². The molecule has 1 fully saturated rings. The number of hydrogen-bond acceptors (Lipinski definition) is 4. The van der Waals surface area contributed by atoms with Crippen molar-refractivity contribution in [2.45, 2.75) is 19.0 Å². The molecule has 0 unspecified atom stereocenters. The Bertz CT molecular complexity index is 1040. The molecule has 30 heavy (non-hydrogen) atoms. The van der Waals surface area contributed by atoms with Crippen molar-refractivity contribution in [1.29, 1.82) is 0 Å². The molecule has 0 bridgehead atoms. The Labute approximate surface area is 179 Å². The highest BCUT2D eigenvalue weighted by Crippen LogP contribution is 2.39. The second-order valence-electron chi connectivity index (χ2n) is 6.84. The van der Waals surface area contributed by atoms with E-state index >= 15 is 0 Å². The molecule has 154 valence electrons. The van der Waals surface area contributed by atoms with E-state index in [1.807, 2.05) is 46.0 Å². The topological polar surface area (TPSA) is 59.4 Å². The monoisotopic (exact) mass is 424 g/mol. The highest BCUT2D eigenvalue weighted by Gasteiger charge is 2.42. The second kappa shape index (κ2) is 8.62. The third-order valence-corrected chi connectivity index (χ3v) is 5.34. The number of ether oxygens (including phenoxy) is 1. The lowest BCUT2D eigenvalue weighted by molar-refractivity contribution is -0.143. The number of carbonyl (C=O) groups excluding carboxylic acids is 1. The van der Waals surface area contributed by atoms with Gasteiger partial charge in [-0.05, 0) is 67.7 Å². The van der Waals surface area contributed by atoms with E-state index in [1.165, 1.54) is 12.1 Å². The third-order valence-electron chi connectivity index (χ3n) is 4.99. The number of carbonyl (C=O) groups is 1. The lowest BCUT2D eigenvalue weighted by Gasteiger charge is -2.28. The summed E-state index contributed by atoms with van der Waals surface area (Å²) in [5, 5.41) is 3.76. The molecule has 1 aromatic carbocycles. The number of halogens is 1. The number of aromatic nitrogens is 2. The van der Waals surface area contributed by atoms with Crippen LogP contribution in [0.15, 0.2) is 67.0 Å². The lowest BCUT2D eigenvalue weighted by atomic mass is 10.0. The molecular formula is C22H21FN4O2S. The van der Waals surface area contributed by atoms with Crippen molar-refractivity contribution in [3.05, 3.63) is 84.2 Å². The van der Waals surface area contributed by atoms with Crippen LogP contribution in [0.1, 0.15) is 30.4 Å². The molecule has 1 N–H and O–H groups in total. The minimum absolute atomic E-state index is 0.0161. The maximum atomic E-state index is 13.4. The molecule has 0 amide bonds. The molecule has 0 saturated carbocycles. The molecule has 1 saturated heterocycles. The second-order valence-corrected chi connectivity index (χ2v) is 7.23. The summed E-state index contributed by atoms with van der Waals surface area (Å²) in [6.07, 6.45) is 3.63. The summed E-state index contributed by atoms with van der Waals surface area (Å²) in [7, 11) is 0. The van der Waals surface area contributed by atoms with Gasteiger partial charge in [-0.15, -0.1) is 0 Å². The van der Waals surface area contributed by atoms with Gasteiger partial charge in [0.15, 0.2) is 5.11 Å². The normalized spacial score (nSPS) is 18.3. The molecule has 3 aromatic rings. The van der Waals surface area contributed by atoms with Crippen molar-refractivity contribution in [2.24, 2.45) is 0 Å². The first-order chi connectivity index (χ1) is 14.6. The van der Waals surface area contributed by atoms with Crippen LogP contribution in [0.3, 0.4) is 0 Å². The SMILES string of the molecule is CCOC(=O)CN1C(=S)N[C@@H](c2ccccn2)[C@H]1c1cccn1-c1ccc(F)cc1. The van der Waals surface area contributed by atoms with Gasteiger partial charge in [-0.25, -0.2) is 4.39 Å². The first-order valence-corrected chi connectivity index (χ1v) is 10.1.